The average Bonchev–Trinajstić information content (AvgIpc) is 2.65. The molecule has 3 unspecified atom stereocenters. The quantitative estimate of drug-likeness (QED) is 0.411. The van der Waals surface area contributed by atoms with E-state index < -0.39 is 29.6 Å². The van der Waals surface area contributed by atoms with Gasteiger partial charge in [0.25, 0.3) is 0 Å². The first kappa shape index (κ1) is 22.7. The molecule has 0 aromatic rings. The summed E-state index contributed by atoms with van der Waals surface area (Å²) >= 11 is 0. The predicted molar refractivity (Wildman–Crippen MR) is 88.7 cm³/mol. The minimum atomic E-state index is -5.50. The van der Waals surface area contributed by atoms with Crippen LogP contribution in [-0.4, -0.2) is 38.4 Å². The van der Waals surface area contributed by atoms with Gasteiger partial charge >= 0.3 is 23.5 Å². The molecular formula is C12H25O11P3. The minimum absolute atomic E-state index is 0.00993. The third-order valence-electron chi connectivity index (χ3n) is 4.96. The Morgan fingerprint density at radius 2 is 1.50 bits per heavy atom. The summed E-state index contributed by atoms with van der Waals surface area (Å²) in [6, 6.07) is 0. The number of phosphoric acid groups is 3. The lowest BCUT2D eigenvalue weighted by Crippen LogP contribution is -2.35. The first-order valence-corrected chi connectivity index (χ1v) is 12.6. The zero-order valence-corrected chi connectivity index (χ0v) is 17.3. The topological polar surface area (TPSA) is 169 Å². The highest BCUT2D eigenvalue weighted by Gasteiger charge is 2.47. The zero-order valence-electron chi connectivity index (χ0n) is 14.6. The average molecular weight is 438 g/mol. The molecule has 0 aromatic heterocycles. The second-order valence-corrected chi connectivity index (χ2v) is 11.5. The van der Waals surface area contributed by atoms with Crippen molar-refractivity contribution in [2.45, 2.75) is 45.8 Å². The van der Waals surface area contributed by atoms with Crippen LogP contribution < -0.4 is 0 Å². The van der Waals surface area contributed by atoms with Gasteiger partial charge in [0.05, 0.1) is 18.8 Å². The van der Waals surface area contributed by atoms with Gasteiger partial charge in [-0.25, -0.2) is 13.7 Å². The van der Waals surface area contributed by atoms with Crippen LogP contribution in [0.3, 0.4) is 0 Å². The Hall–Kier alpha value is 0.370. The molecule has 0 spiro atoms. The van der Waals surface area contributed by atoms with Crippen molar-refractivity contribution in [3.8, 4) is 0 Å². The fraction of sp³-hybridized carbons (Fsp3) is 1.00. The van der Waals surface area contributed by atoms with Crippen molar-refractivity contribution in [3.05, 3.63) is 0 Å². The molecule has 26 heavy (non-hydrogen) atoms. The summed E-state index contributed by atoms with van der Waals surface area (Å²) in [4.78, 5) is 35.6. The Balaban J connectivity index is 1.89. The van der Waals surface area contributed by atoms with Gasteiger partial charge < -0.3 is 24.3 Å². The van der Waals surface area contributed by atoms with Gasteiger partial charge in [-0.15, -0.1) is 0 Å². The second kappa shape index (κ2) is 8.01. The summed E-state index contributed by atoms with van der Waals surface area (Å²) in [5.41, 5.74) is 0. The van der Waals surface area contributed by atoms with Crippen molar-refractivity contribution in [2.24, 2.45) is 23.7 Å². The SMILES string of the molecule is CC1CC([C@@H]2O[C@H](COP(=O)(O)OP(=O)(O)OP(=O)(O)O)C(C)[C@@H]2C)C1. The van der Waals surface area contributed by atoms with E-state index in [-0.39, 0.29) is 24.5 Å². The molecule has 11 nitrogen and oxygen atoms in total. The van der Waals surface area contributed by atoms with Crippen molar-refractivity contribution < 1.29 is 51.2 Å². The third-order valence-corrected chi connectivity index (χ3v) is 8.76. The molecule has 154 valence electrons. The van der Waals surface area contributed by atoms with Crippen LogP contribution in [0.1, 0.15) is 33.6 Å². The fourth-order valence-electron chi connectivity index (χ4n) is 3.52. The predicted octanol–water partition coefficient (Wildman–Crippen LogP) is 2.42. The van der Waals surface area contributed by atoms with Crippen LogP contribution in [0.5, 0.6) is 0 Å². The van der Waals surface area contributed by atoms with E-state index in [2.05, 4.69) is 20.1 Å². The van der Waals surface area contributed by atoms with Gasteiger partial charge in [-0.05, 0) is 36.5 Å². The molecule has 1 aliphatic heterocycles. The Labute approximate surface area is 151 Å². The van der Waals surface area contributed by atoms with Gasteiger partial charge in [0.2, 0.25) is 0 Å². The van der Waals surface area contributed by atoms with Gasteiger partial charge in [-0.2, -0.15) is 8.62 Å². The van der Waals surface area contributed by atoms with Gasteiger partial charge in [-0.3, -0.25) is 4.52 Å². The van der Waals surface area contributed by atoms with Gasteiger partial charge in [0.15, 0.2) is 0 Å². The first-order chi connectivity index (χ1) is 11.7. The van der Waals surface area contributed by atoms with Crippen molar-refractivity contribution in [1.82, 2.24) is 0 Å². The molecule has 0 bridgehead atoms. The minimum Gasteiger partial charge on any atom is -0.372 e. The van der Waals surface area contributed by atoms with Crippen molar-refractivity contribution in [2.75, 3.05) is 6.61 Å². The normalized spacial score (nSPS) is 39.8. The fourth-order valence-corrected chi connectivity index (χ4v) is 6.55. The molecule has 1 heterocycles. The number of rotatable bonds is 8. The largest absolute Gasteiger partial charge is 0.490 e. The lowest BCUT2D eigenvalue weighted by atomic mass is 9.69. The van der Waals surface area contributed by atoms with E-state index in [4.69, 9.17) is 19.4 Å². The molecule has 1 aliphatic carbocycles. The maximum absolute atomic E-state index is 11.8. The summed E-state index contributed by atoms with van der Waals surface area (Å²) in [5, 5.41) is 0. The number of phosphoric ester groups is 1. The summed E-state index contributed by atoms with van der Waals surface area (Å²) < 4.78 is 51.7. The van der Waals surface area contributed by atoms with Crippen LogP contribution in [0.2, 0.25) is 0 Å². The standard InChI is InChI=1S/C12H25O11P3/c1-7-4-10(5-7)12-9(3)8(2)11(21-12)6-20-25(16,17)23-26(18,19)22-24(13,14)15/h7-12H,4-6H2,1-3H3,(H,16,17)(H,18,19)(H2,13,14,15)/t7?,8?,9-,10?,11+,12+/m0/s1. The van der Waals surface area contributed by atoms with Crippen LogP contribution >= 0.6 is 23.5 Å². The molecule has 0 aromatic carbocycles. The molecule has 0 radical (unpaired) electrons. The molecule has 4 N–H and O–H groups in total. The molecule has 1 saturated carbocycles. The maximum atomic E-state index is 11.8. The van der Waals surface area contributed by atoms with Gasteiger partial charge in [0.1, 0.15) is 0 Å². The molecule has 2 rings (SSSR count). The highest BCUT2D eigenvalue weighted by molar-refractivity contribution is 7.66. The van der Waals surface area contributed by atoms with Crippen LogP contribution in [0.15, 0.2) is 0 Å². The summed E-state index contributed by atoms with van der Waals surface area (Å²) in [5.74, 6) is 1.31. The Morgan fingerprint density at radius 3 is 2.00 bits per heavy atom. The van der Waals surface area contributed by atoms with E-state index in [0.717, 1.165) is 12.8 Å². The number of hydrogen-bond donors (Lipinski definition) is 4. The highest BCUT2D eigenvalue weighted by atomic mass is 31.3. The van der Waals surface area contributed by atoms with Gasteiger partial charge in [-0.1, -0.05) is 20.8 Å². The summed E-state index contributed by atoms with van der Waals surface area (Å²) in [6.45, 7) is 5.72. The maximum Gasteiger partial charge on any atom is 0.490 e. The van der Waals surface area contributed by atoms with Crippen molar-refractivity contribution in [3.63, 3.8) is 0 Å². The molecule has 2 fully saturated rings. The number of hydrogen-bond acceptors (Lipinski definition) is 7. The Kier molecular flexibility index (Phi) is 6.98. The van der Waals surface area contributed by atoms with Crippen molar-refractivity contribution in [1.29, 1.82) is 0 Å². The monoisotopic (exact) mass is 438 g/mol. The lowest BCUT2D eigenvalue weighted by molar-refractivity contribution is -0.0540. The van der Waals surface area contributed by atoms with E-state index in [9.17, 15) is 18.6 Å². The lowest BCUT2D eigenvalue weighted by Gasteiger charge is -2.38. The number of ether oxygens (including phenoxy) is 1. The molecule has 2 aliphatic rings. The molecule has 1 saturated heterocycles. The molecular weight excluding hydrogens is 413 g/mol. The van der Waals surface area contributed by atoms with E-state index in [1.54, 1.807) is 0 Å². The Morgan fingerprint density at radius 1 is 0.923 bits per heavy atom. The first-order valence-electron chi connectivity index (χ1n) is 8.13. The van der Waals surface area contributed by atoms with Crippen molar-refractivity contribution >= 4 is 23.5 Å². The van der Waals surface area contributed by atoms with Crippen LogP contribution in [0.25, 0.3) is 0 Å². The smallest absolute Gasteiger partial charge is 0.372 e. The third kappa shape index (κ3) is 6.19. The van der Waals surface area contributed by atoms with E-state index in [1.807, 2.05) is 13.8 Å². The van der Waals surface area contributed by atoms with Crippen LogP contribution in [-0.2, 0) is 31.6 Å². The summed E-state index contributed by atoms with van der Waals surface area (Å²) in [7, 11) is -16.0. The van der Waals surface area contributed by atoms with E-state index in [0.29, 0.717) is 11.8 Å². The van der Waals surface area contributed by atoms with Crippen LogP contribution in [0.4, 0.5) is 0 Å². The zero-order chi connectivity index (χ0) is 19.9. The molecule has 14 heteroatoms. The van der Waals surface area contributed by atoms with E-state index in [1.165, 1.54) is 0 Å². The van der Waals surface area contributed by atoms with E-state index >= 15 is 0 Å². The van der Waals surface area contributed by atoms with Crippen LogP contribution in [0, 0.1) is 23.7 Å². The van der Waals surface area contributed by atoms with Gasteiger partial charge in [0, 0.05) is 0 Å². The molecule has 6 atom stereocenters. The Bertz CT molecular complexity index is 642. The highest BCUT2D eigenvalue weighted by Crippen LogP contribution is 2.66. The molecule has 0 amide bonds. The second-order valence-electron chi connectivity index (χ2n) is 7.08. The summed E-state index contributed by atoms with van der Waals surface area (Å²) in [6.07, 6.45) is 1.61.